The average Bonchev–Trinajstić information content (AvgIpc) is 2.65. The van der Waals surface area contributed by atoms with E-state index in [1.807, 2.05) is 6.07 Å². The summed E-state index contributed by atoms with van der Waals surface area (Å²) in [5.74, 6) is 3.48. The van der Waals surface area contributed by atoms with E-state index >= 15 is 0 Å². The number of aromatic nitrogens is 1. The minimum atomic E-state index is 0.953. The van der Waals surface area contributed by atoms with Crippen LogP contribution in [0, 0.1) is 0 Å². The summed E-state index contributed by atoms with van der Waals surface area (Å²) >= 11 is 2.07. The van der Waals surface area contributed by atoms with Crippen molar-refractivity contribution in [2.24, 2.45) is 0 Å². The van der Waals surface area contributed by atoms with Crippen molar-refractivity contribution in [2.75, 3.05) is 18.6 Å². The predicted molar refractivity (Wildman–Crippen MR) is 74.2 cm³/mol. The molecule has 1 aliphatic rings. The van der Waals surface area contributed by atoms with E-state index in [9.17, 15) is 0 Å². The van der Waals surface area contributed by atoms with Crippen LogP contribution in [0.3, 0.4) is 0 Å². The third kappa shape index (κ3) is 2.04. The molecule has 1 aliphatic heterocycles. The van der Waals surface area contributed by atoms with Gasteiger partial charge in [0.15, 0.2) is 0 Å². The third-order valence-electron chi connectivity index (χ3n) is 3.41. The van der Waals surface area contributed by atoms with Crippen LogP contribution < -0.4 is 4.74 Å². The molecule has 2 heterocycles. The topological polar surface area (TPSA) is 25.0 Å². The summed E-state index contributed by atoms with van der Waals surface area (Å²) in [4.78, 5) is 3.57. The Morgan fingerprint density at radius 3 is 3.06 bits per heavy atom. The summed E-state index contributed by atoms with van der Waals surface area (Å²) < 4.78 is 5.32. The van der Waals surface area contributed by atoms with Crippen molar-refractivity contribution in [3.8, 4) is 5.75 Å². The van der Waals surface area contributed by atoms with Crippen LogP contribution in [-0.2, 0) is 12.8 Å². The van der Waals surface area contributed by atoms with E-state index in [1.165, 1.54) is 52.9 Å². The maximum Gasteiger partial charge on any atom is 0.119 e. The van der Waals surface area contributed by atoms with E-state index in [4.69, 9.17) is 4.74 Å². The number of hydrogen-bond donors (Lipinski definition) is 1. The number of hydrogen-bond acceptors (Lipinski definition) is 2. The van der Waals surface area contributed by atoms with Gasteiger partial charge >= 0.3 is 0 Å². The lowest BCUT2D eigenvalue weighted by molar-refractivity contribution is 0.415. The molecule has 1 aromatic heterocycles. The fourth-order valence-electron chi connectivity index (χ4n) is 2.54. The minimum absolute atomic E-state index is 0.953. The monoisotopic (exact) mass is 247 g/mol. The first-order valence-electron chi connectivity index (χ1n) is 6.13. The maximum absolute atomic E-state index is 5.32. The summed E-state index contributed by atoms with van der Waals surface area (Å²) in [7, 11) is 1.73. The molecule has 3 rings (SSSR count). The number of ether oxygens (including phenoxy) is 1. The van der Waals surface area contributed by atoms with Crippen molar-refractivity contribution in [1.82, 2.24) is 4.98 Å². The van der Waals surface area contributed by atoms with Gasteiger partial charge in [0.2, 0.25) is 0 Å². The standard InChI is InChI=1S/C14H17NOS/c1-16-10-4-5-14-12(9-10)11-6-8-17-7-2-3-13(11)15-14/h4-5,9,15H,2-3,6-8H2,1H3. The van der Waals surface area contributed by atoms with Crippen molar-refractivity contribution in [3.05, 3.63) is 29.5 Å². The first-order chi connectivity index (χ1) is 8.38. The molecule has 0 saturated carbocycles. The lowest BCUT2D eigenvalue weighted by Gasteiger charge is -2.09. The second-order valence-electron chi connectivity index (χ2n) is 4.46. The van der Waals surface area contributed by atoms with Crippen LogP contribution in [0.25, 0.3) is 10.9 Å². The van der Waals surface area contributed by atoms with Gasteiger partial charge in [-0.05, 0) is 54.5 Å². The Kier molecular flexibility index (Phi) is 3.02. The van der Waals surface area contributed by atoms with Crippen LogP contribution in [0.1, 0.15) is 17.7 Å². The number of methoxy groups -OCH3 is 1. The highest BCUT2D eigenvalue weighted by molar-refractivity contribution is 7.99. The zero-order chi connectivity index (χ0) is 11.7. The Morgan fingerprint density at radius 1 is 1.24 bits per heavy atom. The van der Waals surface area contributed by atoms with Gasteiger partial charge < -0.3 is 9.72 Å². The van der Waals surface area contributed by atoms with Crippen LogP contribution in [0.2, 0.25) is 0 Å². The molecule has 0 bridgehead atoms. The number of thioether (sulfide) groups is 1. The summed E-state index contributed by atoms with van der Waals surface area (Å²) in [6.45, 7) is 0. The molecule has 0 unspecified atom stereocenters. The molecular formula is C14H17NOS. The van der Waals surface area contributed by atoms with Crippen molar-refractivity contribution in [1.29, 1.82) is 0 Å². The number of aryl methyl sites for hydroxylation is 2. The second-order valence-corrected chi connectivity index (χ2v) is 5.68. The van der Waals surface area contributed by atoms with Crippen LogP contribution in [0.4, 0.5) is 0 Å². The van der Waals surface area contributed by atoms with Gasteiger partial charge in [0.1, 0.15) is 5.75 Å². The number of H-pyrrole nitrogens is 1. The van der Waals surface area contributed by atoms with Gasteiger partial charge in [0, 0.05) is 16.6 Å². The minimum Gasteiger partial charge on any atom is -0.497 e. The molecule has 17 heavy (non-hydrogen) atoms. The molecule has 3 heteroatoms. The highest BCUT2D eigenvalue weighted by atomic mass is 32.2. The molecule has 1 N–H and O–H groups in total. The molecule has 90 valence electrons. The second kappa shape index (κ2) is 4.65. The Bertz CT molecular complexity index is 532. The zero-order valence-corrected chi connectivity index (χ0v) is 10.9. The van der Waals surface area contributed by atoms with Crippen LogP contribution in [0.15, 0.2) is 18.2 Å². The molecule has 1 aromatic carbocycles. The van der Waals surface area contributed by atoms with E-state index in [1.54, 1.807) is 7.11 Å². The highest BCUT2D eigenvalue weighted by Crippen LogP contribution is 2.29. The molecule has 2 aromatic rings. The van der Waals surface area contributed by atoms with E-state index in [-0.39, 0.29) is 0 Å². The molecule has 0 spiro atoms. The van der Waals surface area contributed by atoms with Crippen LogP contribution in [0.5, 0.6) is 5.75 Å². The first-order valence-corrected chi connectivity index (χ1v) is 7.29. The van der Waals surface area contributed by atoms with E-state index in [0.29, 0.717) is 0 Å². The lowest BCUT2D eigenvalue weighted by atomic mass is 10.1. The number of aromatic amines is 1. The van der Waals surface area contributed by atoms with Crippen molar-refractivity contribution in [3.63, 3.8) is 0 Å². The number of benzene rings is 1. The maximum atomic E-state index is 5.32. The number of nitrogens with one attached hydrogen (secondary N) is 1. The summed E-state index contributed by atoms with van der Waals surface area (Å²) in [5.41, 5.74) is 4.20. The normalized spacial score (nSPS) is 16.3. The van der Waals surface area contributed by atoms with Gasteiger partial charge in [0.25, 0.3) is 0 Å². The smallest absolute Gasteiger partial charge is 0.119 e. The predicted octanol–water partition coefficient (Wildman–Crippen LogP) is 3.40. The molecule has 0 fully saturated rings. The molecule has 2 nitrogen and oxygen atoms in total. The number of fused-ring (bicyclic) bond motifs is 3. The van der Waals surface area contributed by atoms with Crippen molar-refractivity contribution in [2.45, 2.75) is 19.3 Å². The van der Waals surface area contributed by atoms with E-state index in [0.717, 1.165) is 5.75 Å². The Balaban J connectivity index is 2.13. The summed E-state index contributed by atoms with van der Waals surface area (Å²) in [5, 5.41) is 1.35. The Hall–Kier alpha value is -1.09. The van der Waals surface area contributed by atoms with Crippen LogP contribution in [-0.4, -0.2) is 23.6 Å². The molecule has 0 amide bonds. The molecule has 0 radical (unpaired) electrons. The summed E-state index contributed by atoms with van der Waals surface area (Å²) in [6.07, 6.45) is 3.63. The van der Waals surface area contributed by atoms with Gasteiger partial charge in [-0.15, -0.1) is 0 Å². The van der Waals surface area contributed by atoms with Crippen molar-refractivity contribution < 1.29 is 4.74 Å². The Morgan fingerprint density at radius 2 is 2.18 bits per heavy atom. The van der Waals surface area contributed by atoms with Crippen LogP contribution >= 0.6 is 11.8 Å². The van der Waals surface area contributed by atoms with Gasteiger partial charge in [-0.25, -0.2) is 0 Å². The average molecular weight is 247 g/mol. The third-order valence-corrected chi connectivity index (χ3v) is 4.48. The zero-order valence-electron chi connectivity index (χ0n) is 10.1. The highest BCUT2D eigenvalue weighted by Gasteiger charge is 2.13. The fourth-order valence-corrected chi connectivity index (χ4v) is 3.44. The molecule has 0 aliphatic carbocycles. The molecular weight excluding hydrogens is 230 g/mol. The van der Waals surface area contributed by atoms with E-state index in [2.05, 4.69) is 28.9 Å². The summed E-state index contributed by atoms with van der Waals surface area (Å²) in [6, 6.07) is 6.32. The van der Waals surface area contributed by atoms with Gasteiger partial charge in [-0.1, -0.05) is 0 Å². The quantitative estimate of drug-likeness (QED) is 0.835. The molecule has 0 atom stereocenters. The first kappa shape index (κ1) is 11.0. The lowest BCUT2D eigenvalue weighted by Crippen LogP contribution is -2.00. The molecule has 0 saturated heterocycles. The fraction of sp³-hybridized carbons (Fsp3) is 0.429. The largest absolute Gasteiger partial charge is 0.497 e. The van der Waals surface area contributed by atoms with Gasteiger partial charge in [-0.2, -0.15) is 11.8 Å². The van der Waals surface area contributed by atoms with Crippen molar-refractivity contribution >= 4 is 22.7 Å². The van der Waals surface area contributed by atoms with E-state index < -0.39 is 0 Å². The number of rotatable bonds is 1. The van der Waals surface area contributed by atoms with Gasteiger partial charge in [-0.3, -0.25) is 0 Å². The Labute approximate surface area is 106 Å². The van der Waals surface area contributed by atoms with Gasteiger partial charge in [0.05, 0.1) is 7.11 Å². The SMILES string of the molecule is COc1ccc2[nH]c3c(c2c1)CCSCCC3.